The van der Waals surface area contributed by atoms with Crippen molar-refractivity contribution in [2.45, 2.75) is 72.0 Å². The van der Waals surface area contributed by atoms with Gasteiger partial charge in [-0.25, -0.2) is 0 Å². The van der Waals surface area contributed by atoms with Gasteiger partial charge in [0.15, 0.2) is 6.29 Å². The summed E-state index contributed by atoms with van der Waals surface area (Å²) in [5, 5.41) is 9.46. The Morgan fingerprint density at radius 2 is 1.65 bits per heavy atom. The van der Waals surface area contributed by atoms with Gasteiger partial charge in [0, 0.05) is 0 Å². The summed E-state index contributed by atoms with van der Waals surface area (Å²) in [6, 6.07) is 0. The van der Waals surface area contributed by atoms with Gasteiger partial charge in [-0.1, -0.05) is 29.4 Å². The molecule has 132 valence electrons. The Labute approximate surface area is 142 Å². The van der Waals surface area contributed by atoms with Crippen molar-refractivity contribution in [3.63, 3.8) is 0 Å². The third kappa shape index (κ3) is 10.5. The molecule has 0 aromatic rings. The zero-order chi connectivity index (χ0) is 16.9. The van der Waals surface area contributed by atoms with Gasteiger partial charge in [0.05, 0.1) is 19.8 Å². The summed E-state index contributed by atoms with van der Waals surface area (Å²) in [6.07, 6.45) is 14.0. The molecular formula is C20H34O3. The standard InChI is InChI=1S/C20H34O3/c1-17(2)8-6-9-18(3)10-7-12-19(16-21)11-4-5-13-20-22-14-15-23-20/h8,10-11,20-21H,4-7,9,12-16H2,1-3H3/b18-10-,19-11+. The van der Waals surface area contributed by atoms with Crippen molar-refractivity contribution in [3.05, 3.63) is 34.9 Å². The number of allylic oxidation sites excluding steroid dienone is 5. The van der Waals surface area contributed by atoms with Crippen LogP contribution in [0, 0.1) is 0 Å². The van der Waals surface area contributed by atoms with E-state index in [2.05, 4.69) is 39.0 Å². The summed E-state index contributed by atoms with van der Waals surface area (Å²) >= 11 is 0. The molecule has 1 rings (SSSR count). The van der Waals surface area contributed by atoms with Crippen LogP contribution < -0.4 is 0 Å². The Hall–Kier alpha value is -0.900. The molecule has 3 heteroatoms. The molecule has 0 bridgehead atoms. The lowest BCUT2D eigenvalue weighted by atomic mass is 10.0. The number of hydrogen-bond donors (Lipinski definition) is 1. The van der Waals surface area contributed by atoms with Gasteiger partial charge in [-0.15, -0.1) is 0 Å². The zero-order valence-electron chi connectivity index (χ0n) is 15.1. The summed E-state index contributed by atoms with van der Waals surface area (Å²) in [5.41, 5.74) is 3.97. The second-order valence-corrected chi connectivity index (χ2v) is 6.53. The van der Waals surface area contributed by atoms with Crippen LogP contribution in [0.2, 0.25) is 0 Å². The van der Waals surface area contributed by atoms with Gasteiger partial charge < -0.3 is 14.6 Å². The molecule has 0 aromatic heterocycles. The monoisotopic (exact) mass is 322 g/mol. The van der Waals surface area contributed by atoms with Gasteiger partial charge in [0.2, 0.25) is 0 Å². The van der Waals surface area contributed by atoms with Crippen LogP contribution in [0.3, 0.4) is 0 Å². The summed E-state index contributed by atoms with van der Waals surface area (Å²) in [6.45, 7) is 8.10. The first kappa shape index (κ1) is 20.1. The van der Waals surface area contributed by atoms with E-state index in [0.29, 0.717) is 0 Å². The maximum Gasteiger partial charge on any atom is 0.157 e. The molecule has 1 heterocycles. The second-order valence-electron chi connectivity index (χ2n) is 6.53. The van der Waals surface area contributed by atoms with E-state index in [9.17, 15) is 5.11 Å². The van der Waals surface area contributed by atoms with Crippen LogP contribution in [-0.2, 0) is 9.47 Å². The summed E-state index contributed by atoms with van der Waals surface area (Å²) in [4.78, 5) is 0. The number of hydrogen-bond acceptors (Lipinski definition) is 3. The highest BCUT2D eigenvalue weighted by atomic mass is 16.7. The van der Waals surface area contributed by atoms with Crippen LogP contribution in [0.15, 0.2) is 34.9 Å². The largest absolute Gasteiger partial charge is 0.392 e. The molecule has 1 saturated heterocycles. The third-order valence-electron chi connectivity index (χ3n) is 4.02. The highest BCUT2D eigenvalue weighted by Gasteiger charge is 2.14. The first-order valence-electron chi connectivity index (χ1n) is 8.92. The van der Waals surface area contributed by atoms with Crippen LogP contribution >= 0.6 is 0 Å². The first-order valence-corrected chi connectivity index (χ1v) is 8.92. The van der Waals surface area contributed by atoms with Gasteiger partial charge in [-0.3, -0.25) is 0 Å². The Bertz CT molecular complexity index is 397. The van der Waals surface area contributed by atoms with Gasteiger partial charge >= 0.3 is 0 Å². The zero-order valence-corrected chi connectivity index (χ0v) is 15.1. The minimum atomic E-state index is -0.00707. The molecule has 1 aliphatic rings. The van der Waals surface area contributed by atoms with Crippen LogP contribution in [0.4, 0.5) is 0 Å². The van der Waals surface area contributed by atoms with Crippen molar-refractivity contribution in [2.75, 3.05) is 19.8 Å². The van der Waals surface area contributed by atoms with Crippen molar-refractivity contribution in [1.29, 1.82) is 0 Å². The average Bonchev–Trinajstić information content (AvgIpc) is 3.02. The van der Waals surface area contributed by atoms with E-state index in [1.807, 2.05) is 0 Å². The van der Waals surface area contributed by atoms with Gasteiger partial charge in [-0.05, 0) is 71.3 Å². The molecular weight excluding hydrogens is 288 g/mol. The molecule has 0 aliphatic carbocycles. The molecule has 0 aromatic carbocycles. The molecule has 0 atom stereocenters. The Morgan fingerprint density at radius 1 is 0.957 bits per heavy atom. The third-order valence-corrected chi connectivity index (χ3v) is 4.02. The number of unbranched alkanes of at least 4 members (excludes halogenated alkanes) is 1. The van der Waals surface area contributed by atoms with Gasteiger partial charge in [-0.2, -0.15) is 0 Å². The average molecular weight is 322 g/mol. The van der Waals surface area contributed by atoms with Gasteiger partial charge in [0.25, 0.3) is 0 Å². The van der Waals surface area contributed by atoms with E-state index in [-0.39, 0.29) is 12.9 Å². The fourth-order valence-electron chi connectivity index (χ4n) is 2.60. The van der Waals surface area contributed by atoms with Crippen LogP contribution in [0.25, 0.3) is 0 Å². The SMILES string of the molecule is CC(C)=CCC/C(C)=C\CC/C(=C\CCCC1OCCO1)CO. The van der Waals surface area contributed by atoms with E-state index in [1.165, 1.54) is 11.1 Å². The minimum Gasteiger partial charge on any atom is -0.392 e. The van der Waals surface area contributed by atoms with Crippen LogP contribution in [-0.4, -0.2) is 31.2 Å². The quantitative estimate of drug-likeness (QED) is 0.433. The molecule has 0 saturated carbocycles. The maximum atomic E-state index is 9.46. The topological polar surface area (TPSA) is 38.7 Å². The van der Waals surface area contributed by atoms with E-state index in [0.717, 1.165) is 63.7 Å². The molecule has 3 nitrogen and oxygen atoms in total. The maximum absolute atomic E-state index is 9.46. The predicted molar refractivity (Wildman–Crippen MR) is 96.4 cm³/mol. The highest BCUT2D eigenvalue weighted by Crippen LogP contribution is 2.15. The van der Waals surface area contributed by atoms with Crippen molar-refractivity contribution in [2.24, 2.45) is 0 Å². The Morgan fingerprint density at radius 3 is 2.30 bits per heavy atom. The normalized spacial score (nSPS) is 16.9. The van der Waals surface area contributed by atoms with Crippen LogP contribution in [0.1, 0.15) is 65.7 Å². The predicted octanol–water partition coefficient (Wildman–Crippen LogP) is 4.92. The summed E-state index contributed by atoms with van der Waals surface area (Å²) in [5.74, 6) is 0. The van der Waals surface area contributed by atoms with Crippen LogP contribution in [0.5, 0.6) is 0 Å². The summed E-state index contributed by atoms with van der Waals surface area (Å²) in [7, 11) is 0. The Kier molecular flexibility index (Phi) is 11.0. The van der Waals surface area contributed by atoms with E-state index in [4.69, 9.17) is 9.47 Å². The molecule has 1 aliphatic heterocycles. The molecule has 0 unspecified atom stereocenters. The van der Waals surface area contributed by atoms with Crippen molar-refractivity contribution >= 4 is 0 Å². The highest BCUT2D eigenvalue weighted by molar-refractivity contribution is 5.07. The number of rotatable bonds is 11. The van der Waals surface area contributed by atoms with E-state index < -0.39 is 0 Å². The van der Waals surface area contributed by atoms with E-state index >= 15 is 0 Å². The van der Waals surface area contributed by atoms with Gasteiger partial charge in [0.1, 0.15) is 0 Å². The van der Waals surface area contributed by atoms with Crippen molar-refractivity contribution in [1.82, 2.24) is 0 Å². The Balaban J connectivity index is 2.18. The molecule has 23 heavy (non-hydrogen) atoms. The smallest absolute Gasteiger partial charge is 0.157 e. The number of aliphatic hydroxyl groups excluding tert-OH is 1. The molecule has 0 spiro atoms. The fourth-order valence-corrected chi connectivity index (χ4v) is 2.60. The fraction of sp³-hybridized carbons (Fsp3) is 0.700. The lowest BCUT2D eigenvalue weighted by Crippen LogP contribution is -2.06. The number of ether oxygens (including phenoxy) is 2. The number of aliphatic hydroxyl groups is 1. The molecule has 1 fully saturated rings. The summed E-state index contributed by atoms with van der Waals surface area (Å²) < 4.78 is 10.8. The molecule has 0 radical (unpaired) electrons. The van der Waals surface area contributed by atoms with E-state index in [1.54, 1.807) is 0 Å². The first-order chi connectivity index (χ1) is 11.1. The molecule has 0 amide bonds. The lowest BCUT2D eigenvalue weighted by molar-refractivity contribution is -0.0474. The second kappa shape index (κ2) is 12.5. The minimum absolute atomic E-state index is 0.00707. The lowest BCUT2D eigenvalue weighted by Gasteiger charge is -2.08. The van der Waals surface area contributed by atoms with Crippen molar-refractivity contribution < 1.29 is 14.6 Å². The van der Waals surface area contributed by atoms with Crippen molar-refractivity contribution in [3.8, 4) is 0 Å². The molecule has 1 N–H and O–H groups in total.